The van der Waals surface area contributed by atoms with Gasteiger partial charge in [-0.3, -0.25) is 5.43 Å². The van der Waals surface area contributed by atoms with Gasteiger partial charge in [-0.15, -0.1) is 11.3 Å². The van der Waals surface area contributed by atoms with Crippen LogP contribution in [0.5, 0.6) is 0 Å². The SMILES string of the molecule is Cc1cc2c(NCC3CCCS3(=O)=O)nc(NN)nc2s1. The molecule has 2 aromatic heterocycles. The minimum absolute atomic E-state index is 0.283. The fourth-order valence-corrected chi connectivity index (χ4v) is 5.18. The Balaban J connectivity index is 1.89. The first-order chi connectivity index (χ1) is 9.99. The van der Waals surface area contributed by atoms with Gasteiger partial charge in [0.25, 0.3) is 0 Å². The van der Waals surface area contributed by atoms with E-state index in [9.17, 15) is 8.42 Å². The Labute approximate surface area is 126 Å². The lowest BCUT2D eigenvalue weighted by Gasteiger charge is -2.12. The van der Waals surface area contributed by atoms with Gasteiger partial charge in [0.2, 0.25) is 5.95 Å². The van der Waals surface area contributed by atoms with Crippen molar-refractivity contribution in [3.63, 3.8) is 0 Å². The van der Waals surface area contributed by atoms with Crippen molar-refractivity contribution in [2.45, 2.75) is 25.0 Å². The monoisotopic (exact) mass is 327 g/mol. The van der Waals surface area contributed by atoms with E-state index in [-0.39, 0.29) is 11.0 Å². The number of thiophene rings is 1. The highest BCUT2D eigenvalue weighted by Crippen LogP contribution is 2.30. The Hall–Kier alpha value is -1.45. The molecule has 0 amide bonds. The molecule has 0 bridgehead atoms. The number of aryl methyl sites for hydroxylation is 1. The summed E-state index contributed by atoms with van der Waals surface area (Å²) in [4.78, 5) is 10.5. The Bertz CT molecular complexity index is 771. The lowest BCUT2D eigenvalue weighted by Crippen LogP contribution is -2.25. The van der Waals surface area contributed by atoms with Crippen LogP contribution in [0.15, 0.2) is 6.07 Å². The van der Waals surface area contributed by atoms with Gasteiger partial charge in [0.1, 0.15) is 10.6 Å². The highest BCUT2D eigenvalue weighted by Gasteiger charge is 2.31. The smallest absolute Gasteiger partial charge is 0.240 e. The molecule has 1 aliphatic heterocycles. The number of hydrogen-bond acceptors (Lipinski definition) is 8. The molecule has 1 atom stereocenters. The number of nitrogens with two attached hydrogens (primary N) is 1. The van der Waals surface area contributed by atoms with E-state index in [0.717, 1.165) is 21.5 Å². The number of nitrogen functional groups attached to an aromatic ring is 1. The topological polar surface area (TPSA) is 110 Å². The first kappa shape index (κ1) is 14.5. The predicted octanol–water partition coefficient (Wildman–Crippen LogP) is 1.27. The number of sulfone groups is 1. The molecule has 0 spiro atoms. The average Bonchev–Trinajstić information content (AvgIpc) is 2.97. The maximum atomic E-state index is 11.9. The van der Waals surface area contributed by atoms with Crippen LogP contribution in [0.4, 0.5) is 11.8 Å². The molecule has 9 heteroatoms. The summed E-state index contributed by atoms with van der Waals surface area (Å²) in [6, 6.07) is 1.99. The zero-order chi connectivity index (χ0) is 15.0. The van der Waals surface area contributed by atoms with Crippen molar-refractivity contribution in [2.24, 2.45) is 5.84 Å². The fraction of sp³-hybridized carbons (Fsp3) is 0.500. The molecule has 7 nitrogen and oxygen atoms in total. The second-order valence-corrected chi connectivity index (χ2v) is 8.76. The third kappa shape index (κ3) is 2.81. The quantitative estimate of drug-likeness (QED) is 0.573. The van der Waals surface area contributed by atoms with E-state index in [0.29, 0.717) is 24.7 Å². The second-order valence-electron chi connectivity index (χ2n) is 5.13. The van der Waals surface area contributed by atoms with Crippen LogP contribution in [-0.2, 0) is 9.84 Å². The molecular weight excluding hydrogens is 310 g/mol. The number of aromatic nitrogens is 2. The lowest BCUT2D eigenvalue weighted by atomic mass is 10.2. The minimum atomic E-state index is -2.96. The van der Waals surface area contributed by atoms with Crippen molar-refractivity contribution in [3.8, 4) is 0 Å². The molecular formula is C12H17N5O2S2. The van der Waals surface area contributed by atoms with E-state index in [2.05, 4.69) is 20.7 Å². The average molecular weight is 327 g/mol. The Morgan fingerprint density at radius 3 is 2.95 bits per heavy atom. The highest BCUT2D eigenvalue weighted by molar-refractivity contribution is 7.92. The summed E-state index contributed by atoms with van der Waals surface area (Å²) in [5.41, 5.74) is 2.44. The van der Waals surface area contributed by atoms with Gasteiger partial charge in [-0.2, -0.15) is 4.98 Å². The molecule has 4 N–H and O–H groups in total. The third-order valence-corrected chi connectivity index (χ3v) is 6.83. The Morgan fingerprint density at radius 1 is 1.48 bits per heavy atom. The maximum absolute atomic E-state index is 11.9. The number of nitrogens with one attached hydrogen (secondary N) is 2. The van der Waals surface area contributed by atoms with E-state index in [1.807, 2.05) is 13.0 Å². The van der Waals surface area contributed by atoms with Crippen LogP contribution in [0.2, 0.25) is 0 Å². The molecule has 1 fully saturated rings. The van der Waals surface area contributed by atoms with E-state index in [1.54, 1.807) is 11.3 Å². The van der Waals surface area contributed by atoms with Crippen molar-refractivity contribution >= 4 is 43.2 Å². The number of hydrazine groups is 1. The van der Waals surface area contributed by atoms with Gasteiger partial charge in [0, 0.05) is 11.4 Å². The number of rotatable bonds is 4. The predicted molar refractivity (Wildman–Crippen MR) is 85.3 cm³/mol. The van der Waals surface area contributed by atoms with Crippen LogP contribution in [-0.4, -0.2) is 35.9 Å². The summed E-state index contributed by atoms with van der Waals surface area (Å²) in [7, 11) is -2.96. The summed E-state index contributed by atoms with van der Waals surface area (Å²) in [6.07, 6.45) is 1.44. The van der Waals surface area contributed by atoms with Gasteiger partial charge in [-0.25, -0.2) is 19.2 Å². The molecule has 0 radical (unpaired) electrons. The van der Waals surface area contributed by atoms with Crippen molar-refractivity contribution in [1.82, 2.24) is 9.97 Å². The van der Waals surface area contributed by atoms with Gasteiger partial charge in [-0.1, -0.05) is 0 Å². The van der Waals surface area contributed by atoms with Crippen molar-refractivity contribution in [2.75, 3.05) is 23.0 Å². The molecule has 1 aliphatic rings. The minimum Gasteiger partial charge on any atom is -0.368 e. The van der Waals surface area contributed by atoms with Gasteiger partial charge in [-0.05, 0) is 25.8 Å². The molecule has 3 heterocycles. The van der Waals surface area contributed by atoms with Gasteiger partial charge < -0.3 is 5.32 Å². The molecule has 21 heavy (non-hydrogen) atoms. The summed E-state index contributed by atoms with van der Waals surface area (Å²) < 4.78 is 23.7. The number of hydrogen-bond donors (Lipinski definition) is 3. The zero-order valence-electron chi connectivity index (χ0n) is 11.6. The summed E-state index contributed by atoms with van der Waals surface area (Å²) in [6.45, 7) is 2.36. The highest BCUT2D eigenvalue weighted by atomic mass is 32.2. The van der Waals surface area contributed by atoms with Gasteiger partial charge in [0.05, 0.1) is 16.4 Å². The van der Waals surface area contributed by atoms with E-state index in [1.165, 1.54) is 0 Å². The molecule has 2 aromatic rings. The molecule has 1 saturated heterocycles. The molecule has 0 aromatic carbocycles. The lowest BCUT2D eigenvalue weighted by molar-refractivity contribution is 0.591. The number of fused-ring (bicyclic) bond motifs is 1. The second kappa shape index (κ2) is 5.39. The van der Waals surface area contributed by atoms with Crippen LogP contribution in [0.3, 0.4) is 0 Å². The van der Waals surface area contributed by atoms with Crippen molar-refractivity contribution in [1.29, 1.82) is 0 Å². The molecule has 0 saturated carbocycles. The molecule has 3 rings (SSSR count). The van der Waals surface area contributed by atoms with Crippen molar-refractivity contribution < 1.29 is 8.42 Å². The number of anilines is 2. The van der Waals surface area contributed by atoms with Crippen LogP contribution in [0.1, 0.15) is 17.7 Å². The third-order valence-electron chi connectivity index (χ3n) is 3.61. The summed E-state index contributed by atoms with van der Waals surface area (Å²) in [5.74, 6) is 6.61. The van der Waals surface area contributed by atoms with Crippen LogP contribution in [0.25, 0.3) is 10.2 Å². The van der Waals surface area contributed by atoms with Crippen LogP contribution in [0, 0.1) is 6.92 Å². The first-order valence-corrected chi connectivity index (χ1v) is 9.23. The van der Waals surface area contributed by atoms with E-state index >= 15 is 0 Å². The first-order valence-electron chi connectivity index (χ1n) is 6.70. The van der Waals surface area contributed by atoms with Crippen LogP contribution < -0.4 is 16.6 Å². The maximum Gasteiger partial charge on any atom is 0.240 e. The van der Waals surface area contributed by atoms with E-state index in [4.69, 9.17) is 5.84 Å². The summed E-state index contributed by atoms with van der Waals surface area (Å²) in [5, 5.41) is 3.71. The van der Waals surface area contributed by atoms with E-state index < -0.39 is 9.84 Å². The van der Waals surface area contributed by atoms with Gasteiger partial charge >= 0.3 is 0 Å². The molecule has 1 unspecified atom stereocenters. The molecule has 114 valence electrons. The fourth-order valence-electron chi connectivity index (χ4n) is 2.54. The zero-order valence-corrected chi connectivity index (χ0v) is 13.2. The normalized spacial score (nSPS) is 20.8. The number of nitrogens with zero attached hydrogens (tertiary/aromatic N) is 2. The Morgan fingerprint density at radius 2 is 2.29 bits per heavy atom. The van der Waals surface area contributed by atoms with Crippen LogP contribution >= 0.6 is 11.3 Å². The largest absolute Gasteiger partial charge is 0.368 e. The van der Waals surface area contributed by atoms with Gasteiger partial charge in [0.15, 0.2) is 9.84 Å². The Kier molecular flexibility index (Phi) is 3.72. The van der Waals surface area contributed by atoms with Crippen molar-refractivity contribution in [3.05, 3.63) is 10.9 Å². The summed E-state index contributed by atoms with van der Waals surface area (Å²) >= 11 is 1.55. The standard InChI is InChI=1S/C12H17N5O2S2/c1-7-5-9-10(15-12(17-13)16-11(9)20-7)14-6-8-3-2-4-21(8,18)19/h5,8H,2-4,6,13H2,1H3,(H2,14,15,16,17). The molecule has 0 aliphatic carbocycles.